The highest BCUT2D eigenvalue weighted by Crippen LogP contribution is 2.15. The SMILES string of the molecule is COc1ccccc1C=NN1CC(=O)NCC1=O. The molecule has 0 radical (unpaired) electrons. The number of carbonyl (C=O) groups excluding carboxylic acids is 2. The lowest BCUT2D eigenvalue weighted by Crippen LogP contribution is -2.49. The Hall–Kier alpha value is -2.37. The Bertz CT molecular complexity index is 499. The Balaban J connectivity index is 2.14. The second kappa shape index (κ2) is 5.31. The minimum absolute atomic E-state index is 0.0118. The molecule has 94 valence electrons. The van der Waals surface area contributed by atoms with Crippen LogP contribution in [-0.2, 0) is 9.59 Å². The fourth-order valence-corrected chi connectivity index (χ4v) is 1.56. The number of carbonyl (C=O) groups is 2. The zero-order chi connectivity index (χ0) is 13.0. The van der Waals surface area contributed by atoms with Crippen molar-refractivity contribution >= 4 is 18.0 Å². The normalized spacial score (nSPS) is 15.9. The van der Waals surface area contributed by atoms with E-state index < -0.39 is 0 Å². The van der Waals surface area contributed by atoms with Crippen molar-refractivity contribution < 1.29 is 14.3 Å². The lowest BCUT2D eigenvalue weighted by Gasteiger charge is -2.21. The maximum atomic E-state index is 11.5. The third kappa shape index (κ3) is 2.65. The summed E-state index contributed by atoms with van der Waals surface area (Å²) in [4.78, 5) is 22.6. The number of hydrazone groups is 1. The van der Waals surface area contributed by atoms with Crippen molar-refractivity contribution in [2.24, 2.45) is 5.10 Å². The van der Waals surface area contributed by atoms with Gasteiger partial charge in [-0.3, -0.25) is 9.59 Å². The van der Waals surface area contributed by atoms with Crippen LogP contribution in [0, 0.1) is 0 Å². The number of hydrogen-bond donors (Lipinski definition) is 1. The van der Waals surface area contributed by atoms with E-state index in [2.05, 4.69) is 10.4 Å². The van der Waals surface area contributed by atoms with Crippen molar-refractivity contribution in [3.63, 3.8) is 0 Å². The van der Waals surface area contributed by atoms with E-state index in [0.29, 0.717) is 5.75 Å². The maximum absolute atomic E-state index is 11.5. The molecule has 1 aromatic rings. The summed E-state index contributed by atoms with van der Waals surface area (Å²) in [5, 5.41) is 7.61. The molecule has 1 aliphatic rings. The maximum Gasteiger partial charge on any atom is 0.262 e. The summed E-state index contributed by atoms with van der Waals surface area (Å²) in [5.41, 5.74) is 0.749. The molecule has 0 bridgehead atoms. The van der Waals surface area contributed by atoms with E-state index in [0.717, 1.165) is 10.6 Å². The van der Waals surface area contributed by atoms with E-state index in [1.165, 1.54) is 6.21 Å². The van der Waals surface area contributed by atoms with Crippen molar-refractivity contribution in [2.45, 2.75) is 0 Å². The van der Waals surface area contributed by atoms with Crippen LogP contribution in [0.15, 0.2) is 29.4 Å². The highest BCUT2D eigenvalue weighted by atomic mass is 16.5. The molecule has 0 aliphatic carbocycles. The van der Waals surface area contributed by atoms with E-state index >= 15 is 0 Å². The first-order chi connectivity index (χ1) is 8.70. The number of benzene rings is 1. The van der Waals surface area contributed by atoms with Crippen LogP contribution in [0.2, 0.25) is 0 Å². The molecule has 0 aromatic heterocycles. The molecule has 0 saturated carbocycles. The Morgan fingerprint density at radius 1 is 1.39 bits per heavy atom. The zero-order valence-corrected chi connectivity index (χ0v) is 9.92. The van der Waals surface area contributed by atoms with Gasteiger partial charge in [0.05, 0.1) is 19.9 Å². The van der Waals surface area contributed by atoms with Gasteiger partial charge in [-0.1, -0.05) is 12.1 Å². The van der Waals surface area contributed by atoms with Gasteiger partial charge in [0.15, 0.2) is 0 Å². The summed E-state index contributed by atoms with van der Waals surface area (Å²) in [7, 11) is 1.56. The van der Waals surface area contributed by atoms with Crippen molar-refractivity contribution in [1.29, 1.82) is 0 Å². The Morgan fingerprint density at radius 2 is 2.17 bits per heavy atom. The lowest BCUT2D eigenvalue weighted by molar-refractivity contribution is -0.140. The number of rotatable bonds is 3. The van der Waals surface area contributed by atoms with Crippen LogP contribution >= 0.6 is 0 Å². The highest BCUT2D eigenvalue weighted by molar-refractivity contribution is 5.93. The van der Waals surface area contributed by atoms with E-state index in [9.17, 15) is 9.59 Å². The molecule has 1 aliphatic heterocycles. The third-order valence-electron chi connectivity index (χ3n) is 2.49. The van der Waals surface area contributed by atoms with Crippen molar-refractivity contribution in [2.75, 3.05) is 20.2 Å². The van der Waals surface area contributed by atoms with Crippen molar-refractivity contribution in [1.82, 2.24) is 10.3 Å². The Kier molecular flexibility index (Phi) is 3.57. The van der Waals surface area contributed by atoms with Gasteiger partial charge in [-0.05, 0) is 12.1 Å². The molecule has 1 N–H and O–H groups in total. The number of ether oxygens (including phenoxy) is 1. The molecule has 2 rings (SSSR count). The monoisotopic (exact) mass is 247 g/mol. The number of nitrogens with zero attached hydrogens (tertiary/aromatic N) is 2. The molecule has 1 heterocycles. The average molecular weight is 247 g/mol. The summed E-state index contributed by atoms with van der Waals surface area (Å²) in [6.07, 6.45) is 1.51. The summed E-state index contributed by atoms with van der Waals surface area (Å²) < 4.78 is 5.16. The standard InChI is InChI=1S/C12H13N3O3/c1-18-10-5-3-2-4-9(10)6-14-15-8-11(16)13-7-12(15)17/h2-6H,7-8H2,1H3,(H,13,16). The quantitative estimate of drug-likeness (QED) is 0.763. The van der Waals surface area contributed by atoms with Gasteiger partial charge in [-0.25, -0.2) is 5.01 Å². The Labute approximate surface area is 104 Å². The van der Waals surface area contributed by atoms with Gasteiger partial charge in [-0.2, -0.15) is 5.10 Å². The topological polar surface area (TPSA) is 71.0 Å². The summed E-state index contributed by atoms with van der Waals surface area (Å²) in [6.45, 7) is -0.0629. The number of para-hydroxylation sites is 1. The van der Waals surface area contributed by atoms with Gasteiger partial charge < -0.3 is 10.1 Å². The van der Waals surface area contributed by atoms with Gasteiger partial charge in [0.1, 0.15) is 12.3 Å². The molecule has 2 amide bonds. The minimum atomic E-state index is -0.235. The van der Waals surface area contributed by atoms with Crippen LogP contribution in [-0.4, -0.2) is 43.2 Å². The fourth-order valence-electron chi connectivity index (χ4n) is 1.56. The van der Waals surface area contributed by atoms with Crippen LogP contribution in [0.1, 0.15) is 5.56 Å². The largest absolute Gasteiger partial charge is 0.496 e. The van der Waals surface area contributed by atoms with Crippen LogP contribution < -0.4 is 10.1 Å². The molecule has 18 heavy (non-hydrogen) atoms. The predicted octanol–water partition coefficient (Wildman–Crippen LogP) is -0.0125. The number of piperazine rings is 1. The van der Waals surface area contributed by atoms with Crippen molar-refractivity contribution in [3.8, 4) is 5.75 Å². The average Bonchev–Trinajstić information content (AvgIpc) is 2.40. The minimum Gasteiger partial charge on any atom is -0.496 e. The molecule has 6 nitrogen and oxygen atoms in total. The first kappa shape index (κ1) is 12.1. The first-order valence-electron chi connectivity index (χ1n) is 5.45. The van der Waals surface area contributed by atoms with Crippen LogP contribution in [0.25, 0.3) is 0 Å². The van der Waals surface area contributed by atoms with Crippen LogP contribution in [0.4, 0.5) is 0 Å². The van der Waals surface area contributed by atoms with Crippen molar-refractivity contribution in [3.05, 3.63) is 29.8 Å². The van der Waals surface area contributed by atoms with Gasteiger partial charge in [0.2, 0.25) is 5.91 Å². The van der Waals surface area contributed by atoms with E-state index in [1.54, 1.807) is 13.2 Å². The highest BCUT2D eigenvalue weighted by Gasteiger charge is 2.22. The molecule has 1 saturated heterocycles. The molecule has 0 atom stereocenters. The molecule has 1 aromatic carbocycles. The Morgan fingerprint density at radius 3 is 2.94 bits per heavy atom. The zero-order valence-electron chi connectivity index (χ0n) is 9.92. The lowest BCUT2D eigenvalue weighted by atomic mass is 10.2. The first-order valence-corrected chi connectivity index (χ1v) is 5.45. The van der Waals surface area contributed by atoms with E-state index in [-0.39, 0.29) is 24.9 Å². The molecule has 0 spiro atoms. The fraction of sp³-hybridized carbons (Fsp3) is 0.250. The molecule has 6 heteroatoms. The van der Waals surface area contributed by atoms with Gasteiger partial charge in [0.25, 0.3) is 5.91 Å². The second-order valence-electron chi connectivity index (χ2n) is 3.71. The van der Waals surface area contributed by atoms with E-state index in [4.69, 9.17) is 4.74 Å². The van der Waals surface area contributed by atoms with Gasteiger partial charge >= 0.3 is 0 Å². The summed E-state index contributed by atoms with van der Waals surface area (Å²) in [5.74, 6) is 0.211. The third-order valence-corrected chi connectivity index (χ3v) is 2.49. The van der Waals surface area contributed by atoms with Crippen LogP contribution in [0.5, 0.6) is 5.75 Å². The second-order valence-corrected chi connectivity index (χ2v) is 3.71. The molecule has 0 unspecified atom stereocenters. The van der Waals surface area contributed by atoms with Gasteiger partial charge in [0, 0.05) is 5.56 Å². The predicted molar refractivity (Wildman–Crippen MR) is 65.3 cm³/mol. The van der Waals surface area contributed by atoms with E-state index in [1.807, 2.05) is 18.2 Å². The van der Waals surface area contributed by atoms with Gasteiger partial charge in [-0.15, -0.1) is 0 Å². The summed E-state index contributed by atoms with van der Waals surface area (Å²) >= 11 is 0. The number of hydrogen-bond acceptors (Lipinski definition) is 4. The molecule has 1 fully saturated rings. The summed E-state index contributed by atoms with van der Waals surface area (Å²) in [6, 6.07) is 7.30. The number of amides is 2. The smallest absolute Gasteiger partial charge is 0.262 e. The number of nitrogens with one attached hydrogen (secondary N) is 1. The number of methoxy groups -OCH3 is 1. The molecular formula is C12H13N3O3. The molecular weight excluding hydrogens is 234 g/mol. The van der Waals surface area contributed by atoms with Crippen LogP contribution in [0.3, 0.4) is 0 Å².